The van der Waals surface area contributed by atoms with Crippen LogP contribution in [0.25, 0.3) is 0 Å². The minimum Gasteiger partial charge on any atom is -0.360 e. The number of sulfonamides is 1. The van der Waals surface area contributed by atoms with Crippen molar-refractivity contribution in [1.29, 1.82) is 0 Å². The molecule has 2 aromatic carbocycles. The SMILES string of the molecule is Cc1ccc(N(CC(=O)Nc2ccc(F)cc2F)S(=O)(=O)c2c(C)noc2C)cc1. The van der Waals surface area contributed by atoms with Crippen LogP contribution in [0.3, 0.4) is 0 Å². The van der Waals surface area contributed by atoms with Gasteiger partial charge in [-0.2, -0.15) is 0 Å². The third-order valence-electron chi connectivity index (χ3n) is 4.33. The average Bonchev–Trinajstić information content (AvgIpc) is 3.02. The molecule has 0 aliphatic heterocycles. The molecule has 30 heavy (non-hydrogen) atoms. The van der Waals surface area contributed by atoms with Crippen LogP contribution in [0.5, 0.6) is 0 Å². The molecule has 1 amide bonds. The molecule has 0 aliphatic carbocycles. The molecule has 3 rings (SSSR count). The van der Waals surface area contributed by atoms with E-state index in [4.69, 9.17) is 4.52 Å². The van der Waals surface area contributed by atoms with Gasteiger partial charge < -0.3 is 9.84 Å². The van der Waals surface area contributed by atoms with Gasteiger partial charge in [0.25, 0.3) is 10.0 Å². The van der Waals surface area contributed by atoms with Crippen LogP contribution in [0.4, 0.5) is 20.2 Å². The first-order chi connectivity index (χ1) is 14.1. The molecular formula is C20H19F2N3O4S. The Morgan fingerprint density at radius 2 is 1.77 bits per heavy atom. The molecule has 1 heterocycles. The topological polar surface area (TPSA) is 92.5 Å². The highest BCUT2D eigenvalue weighted by atomic mass is 32.2. The molecule has 0 fully saturated rings. The van der Waals surface area contributed by atoms with Crippen molar-refractivity contribution in [3.63, 3.8) is 0 Å². The second-order valence-corrected chi connectivity index (χ2v) is 8.47. The number of carbonyl (C=O) groups excluding carboxylic acids is 1. The van der Waals surface area contributed by atoms with Gasteiger partial charge in [-0.25, -0.2) is 17.2 Å². The second kappa shape index (κ2) is 8.23. The summed E-state index contributed by atoms with van der Waals surface area (Å²) in [5.41, 5.74) is 1.01. The van der Waals surface area contributed by atoms with Crippen LogP contribution in [0.15, 0.2) is 51.9 Å². The first-order valence-electron chi connectivity index (χ1n) is 8.87. The zero-order chi connectivity index (χ0) is 22.1. The highest BCUT2D eigenvalue weighted by Gasteiger charge is 2.33. The van der Waals surface area contributed by atoms with Gasteiger partial charge in [-0.05, 0) is 45.0 Å². The molecule has 7 nitrogen and oxygen atoms in total. The fourth-order valence-corrected chi connectivity index (χ4v) is 4.61. The third-order valence-corrected chi connectivity index (χ3v) is 6.35. The second-order valence-electron chi connectivity index (χ2n) is 6.67. The Balaban J connectivity index is 1.98. The number of carbonyl (C=O) groups is 1. The van der Waals surface area contributed by atoms with E-state index in [0.29, 0.717) is 6.07 Å². The molecule has 0 aliphatic rings. The fraction of sp³-hybridized carbons (Fsp3) is 0.200. The quantitative estimate of drug-likeness (QED) is 0.637. The number of hydrogen-bond donors (Lipinski definition) is 1. The highest BCUT2D eigenvalue weighted by molar-refractivity contribution is 7.93. The van der Waals surface area contributed by atoms with E-state index in [9.17, 15) is 22.0 Å². The number of rotatable bonds is 6. The lowest BCUT2D eigenvalue weighted by Crippen LogP contribution is -2.38. The Morgan fingerprint density at radius 3 is 2.33 bits per heavy atom. The van der Waals surface area contributed by atoms with Crippen molar-refractivity contribution in [1.82, 2.24) is 5.16 Å². The summed E-state index contributed by atoms with van der Waals surface area (Å²) < 4.78 is 59.5. The van der Waals surface area contributed by atoms with E-state index in [0.717, 1.165) is 22.0 Å². The minimum absolute atomic E-state index is 0.0783. The first-order valence-corrected chi connectivity index (χ1v) is 10.3. The lowest BCUT2D eigenvalue weighted by molar-refractivity contribution is -0.114. The highest BCUT2D eigenvalue weighted by Crippen LogP contribution is 2.28. The standard InChI is InChI=1S/C20H19F2N3O4S/c1-12-4-7-16(8-5-12)25(30(27,28)20-13(2)24-29-14(20)3)11-19(26)23-18-9-6-15(21)10-17(18)22/h4-10H,11H2,1-3H3,(H,23,26). The van der Waals surface area contributed by atoms with Crippen LogP contribution in [0.1, 0.15) is 17.0 Å². The Kier molecular flexibility index (Phi) is 5.88. The molecular weight excluding hydrogens is 416 g/mol. The van der Waals surface area contributed by atoms with Crippen molar-refractivity contribution in [3.05, 3.63) is 71.1 Å². The predicted molar refractivity (Wildman–Crippen MR) is 107 cm³/mol. The molecule has 10 heteroatoms. The van der Waals surface area contributed by atoms with E-state index >= 15 is 0 Å². The molecule has 3 aromatic rings. The molecule has 0 bridgehead atoms. The van der Waals surface area contributed by atoms with Crippen molar-refractivity contribution < 1.29 is 26.5 Å². The van der Waals surface area contributed by atoms with Crippen molar-refractivity contribution in [2.75, 3.05) is 16.2 Å². The maximum absolute atomic E-state index is 13.9. The number of nitrogens with zero attached hydrogens (tertiary/aromatic N) is 2. The van der Waals surface area contributed by atoms with Crippen molar-refractivity contribution in [2.24, 2.45) is 0 Å². The summed E-state index contributed by atoms with van der Waals surface area (Å²) in [5.74, 6) is -2.50. The predicted octanol–water partition coefficient (Wildman–Crippen LogP) is 3.71. The maximum Gasteiger partial charge on any atom is 0.270 e. The van der Waals surface area contributed by atoms with Gasteiger partial charge >= 0.3 is 0 Å². The average molecular weight is 435 g/mol. The van der Waals surface area contributed by atoms with E-state index < -0.39 is 34.1 Å². The normalized spacial score (nSPS) is 11.4. The van der Waals surface area contributed by atoms with Gasteiger partial charge in [0.2, 0.25) is 5.91 Å². The van der Waals surface area contributed by atoms with Gasteiger partial charge in [0, 0.05) is 6.07 Å². The Morgan fingerprint density at radius 1 is 1.10 bits per heavy atom. The van der Waals surface area contributed by atoms with Gasteiger partial charge in [-0.15, -0.1) is 0 Å². The molecule has 0 atom stereocenters. The van der Waals surface area contributed by atoms with Crippen LogP contribution in [-0.4, -0.2) is 26.0 Å². The summed E-state index contributed by atoms with van der Waals surface area (Å²) >= 11 is 0. The van der Waals surface area contributed by atoms with Gasteiger partial charge in [0.05, 0.1) is 11.4 Å². The third kappa shape index (κ3) is 4.33. The fourth-order valence-electron chi connectivity index (χ4n) is 2.89. The number of benzene rings is 2. The van der Waals surface area contributed by atoms with Crippen LogP contribution >= 0.6 is 0 Å². The minimum atomic E-state index is -4.23. The number of anilines is 2. The van der Waals surface area contributed by atoms with Gasteiger partial charge in [0.1, 0.15) is 23.9 Å². The summed E-state index contributed by atoms with van der Waals surface area (Å²) in [6.45, 7) is 4.12. The Labute approximate surface area is 172 Å². The zero-order valence-corrected chi connectivity index (χ0v) is 17.3. The number of halogens is 2. The number of hydrogen-bond acceptors (Lipinski definition) is 5. The Bertz CT molecular complexity index is 1170. The van der Waals surface area contributed by atoms with Crippen LogP contribution in [0.2, 0.25) is 0 Å². The van der Waals surface area contributed by atoms with Gasteiger partial charge in [-0.1, -0.05) is 22.9 Å². The molecule has 0 saturated heterocycles. The maximum atomic E-state index is 13.9. The van der Waals surface area contributed by atoms with Crippen LogP contribution in [-0.2, 0) is 14.8 Å². The molecule has 1 aromatic heterocycles. The van der Waals surface area contributed by atoms with Crippen molar-refractivity contribution in [2.45, 2.75) is 25.7 Å². The van der Waals surface area contributed by atoms with Gasteiger partial charge in [0.15, 0.2) is 10.7 Å². The van der Waals surface area contributed by atoms with Crippen LogP contribution < -0.4 is 9.62 Å². The van der Waals surface area contributed by atoms with E-state index in [1.165, 1.54) is 13.8 Å². The number of aryl methyl sites for hydroxylation is 3. The number of aromatic nitrogens is 1. The van der Waals surface area contributed by atoms with E-state index in [1.807, 2.05) is 6.92 Å². The molecule has 0 saturated carbocycles. The molecule has 0 unspecified atom stereocenters. The smallest absolute Gasteiger partial charge is 0.270 e. The summed E-state index contributed by atoms with van der Waals surface area (Å²) in [6, 6.07) is 9.16. The molecule has 158 valence electrons. The monoisotopic (exact) mass is 435 g/mol. The van der Waals surface area contributed by atoms with Crippen molar-refractivity contribution in [3.8, 4) is 0 Å². The number of nitrogens with one attached hydrogen (secondary N) is 1. The lowest BCUT2D eigenvalue weighted by atomic mass is 10.2. The Hall–Kier alpha value is -3.27. The van der Waals surface area contributed by atoms with Gasteiger partial charge in [-0.3, -0.25) is 9.10 Å². The van der Waals surface area contributed by atoms with E-state index in [2.05, 4.69) is 10.5 Å². The molecule has 0 spiro atoms. The molecule has 0 radical (unpaired) electrons. The van der Waals surface area contributed by atoms with Crippen molar-refractivity contribution >= 4 is 27.3 Å². The van der Waals surface area contributed by atoms with E-state index in [1.54, 1.807) is 24.3 Å². The summed E-state index contributed by atoms with van der Waals surface area (Å²) in [7, 11) is -4.23. The summed E-state index contributed by atoms with van der Waals surface area (Å²) in [5, 5.41) is 5.94. The van der Waals surface area contributed by atoms with Crippen LogP contribution in [0, 0.1) is 32.4 Å². The summed E-state index contributed by atoms with van der Waals surface area (Å²) in [6.07, 6.45) is 0. The largest absolute Gasteiger partial charge is 0.360 e. The van der Waals surface area contributed by atoms with E-state index in [-0.39, 0.29) is 27.7 Å². The molecule has 1 N–H and O–H groups in total. The first kappa shape index (κ1) is 21.4. The number of amides is 1. The summed E-state index contributed by atoms with van der Waals surface area (Å²) in [4.78, 5) is 12.4. The lowest BCUT2D eigenvalue weighted by Gasteiger charge is -2.24. The zero-order valence-electron chi connectivity index (χ0n) is 16.4.